The molecule has 0 saturated heterocycles. The van der Waals surface area contributed by atoms with Gasteiger partial charge < -0.3 is 5.11 Å². The van der Waals surface area contributed by atoms with Gasteiger partial charge in [0.2, 0.25) is 0 Å². The smallest absolute Gasteiger partial charge is 0.0568 e. The number of rotatable bonds is 7. The number of hydrogen-bond acceptors (Lipinski definition) is 2. The van der Waals surface area contributed by atoms with Gasteiger partial charge in [-0.15, -0.1) is 0 Å². The Morgan fingerprint density at radius 1 is 1.25 bits per heavy atom. The molecule has 1 nitrogen and oxygen atoms in total. The lowest BCUT2D eigenvalue weighted by Gasteiger charge is -2.19. The van der Waals surface area contributed by atoms with Crippen molar-refractivity contribution in [3.8, 4) is 0 Å². The van der Waals surface area contributed by atoms with Crippen molar-refractivity contribution in [3.05, 3.63) is 0 Å². The van der Waals surface area contributed by atoms with Crippen LogP contribution in [0.1, 0.15) is 39.5 Å². The predicted octanol–water partition coefficient (Wildman–Crippen LogP) is 2.93. The molecule has 0 rings (SSSR count). The minimum absolute atomic E-state index is 0.0628. The number of thioether (sulfide) groups is 1. The van der Waals surface area contributed by atoms with Crippen molar-refractivity contribution in [1.82, 2.24) is 0 Å². The van der Waals surface area contributed by atoms with Crippen molar-refractivity contribution < 1.29 is 5.11 Å². The Balaban J connectivity index is 3.47. The second-order valence-corrected chi connectivity index (χ2v) is 4.26. The fourth-order valence-corrected chi connectivity index (χ4v) is 1.96. The predicted molar refractivity (Wildman–Crippen MR) is 57.7 cm³/mol. The highest BCUT2D eigenvalue weighted by Crippen LogP contribution is 2.17. The van der Waals surface area contributed by atoms with E-state index in [4.69, 9.17) is 0 Å². The van der Waals surface area contributed by atoms with Crippen molar-refractivity contribution in [2.24, 2.45) is 5.92 Å². The summed E-state index contributed by atoms with van der Waals surface area (Å²) in [4.78, 5) is 0. The normalized spacial score (nSPS) is 13.8. The average Bonchev–Trinajstić information content (AvgIpc) is 2.07. The maximum absolute atomic E-state index is 9.73. The quantitative estimate of drug-likeness (QED) is 0.623. The molecular formula is C10H22OS. The topological polar surface area (TPSA) is 20.2 Å². The highest BCUT2D eigenvalue weighted by atomic mass is 32.2. The Kier molecular flexibility index (Phi) is 8.14. The molecule has 0 saturated carbocycles. The van der Waals surface area contributed by atoms with Gasteiger partial charge in [0.15, 0.2) is 0 Å². The Morgan fingerprint density at radius 3 is 2.25 bits per heavy atom. The van der Waals surface area contributed by atoms with E-state index in [1.807, 2.05) is 11.8 Å². The molecule has 0 aromatic rings. The van der Waals surface area contributed by atoms with Crippen LogP contribution in [0.4, 0.5) is 0 Å². The second kappa shape index (κ2) is 7.93. The molecule has 0 radical (unpaired) electrons. The van der Waals surface area contributed by atoms with E-state index in [0.29, 0.717) is 5.92 Å². The Labute approximate surface area is 80.9 Å². The third-order valence-corrected chi connectivity index (χ3v) is 3.14. The standard InChI is InChI=1S/C10H22OS/c1-4-9(5-2)10(11)7-6-8-12-3/h9-11H,4-8H2,1-3H3. The van der Waals surface area contributed by atoms with E-state index in [9.17, 15) is 5.11 Å². The Bertz CT molecular complexity index is 91.8. The summed E-state index contributed by atoms with van der Waals surface area (Å²) in [5, 5.41) is 9.73. The van der Waals surface area contributed by atoms with E-state index in [-0.39, 0.29) is 6.10 Å². The molecule has 0 amide bonds. The third kappa shape index (κ3) is 5.04. The largest absolute Gasteiger partial charge is 0.393 e. The third-order valence-electron chi connectivity index (χ3n) is 2.44. The first kappa shape index (κ1) is 12.3. The van der Waals surface area contributed by atoms with Gasteiger partial charge in [-0.2, -0.15) is 11.8 Å². The van der Waals surface area contributed by atoms with Crippen LogP contribution in [0.25, 0.3) is 0 Å². The molecule has 0 bridgehead atoms. The molecule has 74 valence electrons. The van der Waals surface area contributed by atoms with Crippen LogP contribution in [0.2, 0.25) is 0 Å². The summed E-state index contributed by atoms with van der Waals surface area (Å²) in [5.74, 6) is 1.70. The molecule has 0 aromatic carbocycles. The zero-order valence-electron chi connectivity index (χ0n) is 8.55. The van der Waals surface area contributed by atoms with Gasteiger partial charge in [0, 0.05) is 0 Å². The summed E-state index contributed by atoms with van der Waals surface area (Å²) in [6.07, 6.45) is 6.40. The molecule has 1 unspecified atom stereocenters. The van der Waals surface area contributed by atoms with Crippen LogP contribution in [0.3, 0.4) is 0 Å². The van der Waals surface area contributed by atoms with Crippen LogP contribution in [0, 0.1) is 5.92 Å². The molecule has 0 aliphatic carbocycles. The summed E-state index contributed by atoms with van der Waals surface area (Å²) in [7, 11) is 0. The minimum Gasteiger partial charge on any atom is -0.393 e. The van der Waals surface area contributed by atoms with Gasteiger partial charge in [-0.25, -0.2) is 0 Å². The summed E-state index contributed by atoms with van der Waals surface area (Å²) in [5.41, 5.74) is 0. The van der Waals surface area contributed by atoms with Gasteiger partial charge in [0.05, 0.1) is 6.10 Å². The van der Waals surface area contributed by atoms with E-state index in [1.165, 1.54) is 5.75 Å². The molecule has 0 heterocycles. The molecule has 0 aliphatic rings. The first-order chi connectivity index (χ1) is 5.76. The summed E-state index contributed by atoms with van der Waals surface area (Å²) >= 11 is 1.86. The Hall–Kier alpha value is 0.310. The second-order valence-electron chi connectivity index (χ2n) is 3.28. The SMILES string of the molecule is CCC(CC)C(O)CCCSC. The van der Waals surface area contributed by atoms with Crippen molar-refractivity contribution in [3.63, 3.8) is 0 Å². The van der Waals surface area contributed by atoms with Crippen LogP contribution in [0.15, 0.2) is 0 Å². The summed E-state index contributed by atoms with van der Waals surface area (Å²) in [6, 6.07) is 0. The van der Waals surface area contributed by atoms with Crippen LogP contribution < -0.4 is 0 Å². The molecule has 12 heavy (non-hydrogen) atoms. The molecule has 0 aromatic heterocycles. The van der Waals surface area contributed by atoms with E-state index in [0.717, 1.165) is 25.7 Å². The average molecular weight is 190 g/mol. The zero-order chi connectivity index (χ0) is 9.40. The number of aliphatic hydroxyl groups excluding tert-OH is 1. The first-order valence-corrected chi connectivity index (χ1v) is 6.32. The molecule has 1 atom stereocenters. The minimum atomic E-state index is -0.0628. The maximum Gasteiger partial charge on any atom is 0.0568 e. The Morgan fingerprint density at radius 2 is 1.83 bits per heavy atom. The van der Waals surface area contributed by atoms with Gasteiger partial charge in [0.25, 0.3) is 0 Å². The fraction of sp³-hybridized carbons (Fsp3) is 1.00. The number of hydrogen-bond donors (Lipinski definition) is 1. The van der Waals surface area contributed by atoms with Crippen molar-refractivity contribution in [2.75, 3.05) is 12.0 Å². The molecule has 0 aliphatic heterocycles. The van der Waals surface area contributed by atoms with E-state index in [1.54, 1.807) is 0 Å². The highest BCUT2D eigenvalue weighted by molar-refractivity contribution is 7.98. The van der Waals surface area contributed by atoms with E-state index < -0.39 is 0 Å². The molecule has 1 N–H and O–H groups in total. The van der Waals surface area contributed by atoms with Crippen molar-refractivity contribution in [1.29, 1.82) is 0 Å². The lowest BCUT2D eigenvalue weighted by Crippen LogP contribution is -2.19. The van der Waals surface area contributed by atoms with Gasteiger partial charge in [0.1, 0.15) is 0 Å². The number of aliphatic hydroxyl groups is 1. The maximum atomic E-state index is 9.73. The zero-order valence-corrected chi connectivity index (χ0v) is 9.36. The monoisotopic (exact) mass is 190 g/mol. The first-order valence-electron chi connectivity index (χ1n) is 4.93. The fourth-order valence-electron chi connectivity index (χ4n) is 1.51. The van der Waals surface area contributed by atoms with Gasteiger partial charge in [-0.05, 0) is 30.8 Å². The van der Waals surface area contributed by atoms with E-state index >= 15 is 0 Å². The molecule has 2 heteroatoms. The van der Waals surface area contributed by atoms with Crippen LogP contribution in [-0.2, 0) is 0 Å². The molecular weight excluding hydrogens is 168 g/mol. The van der Waals surface area contributed by atoms with Crippen molar-refractivity contribution >= 4 is 11.8 Å². The van der Waals surface area contributed by atoms with Crippen LogP contribution in [0.5, 0.6) is 0 Å². The summed E-state index contributed by atoms with van der Waals surface area (Å²) < 4.78 is 0. The van der Waals surface area contributed by atoms with Gasteiger partial charge in [-0.3, -0.25) is 0 Å². The van der Waals surface area contributed by atoms with Crippen molar-refractivity contribution in [2.45, 2.75) is 45.6 Å². The lowest BCUT2D eigenvalue weighted by molar-refractivity contribution is 0.0938. The highest BCUT2D eigenvalue weighted by Gasteiger charge is 2.14. The molecule has 0 spiro atoms. The van der Waals surface area contributed by atoms with E-state index in [2.05, 4.69) is 20.1 Å². The molecule has 0 fully saturated rings. The lowest BCUT2D eigenvalue weighted by atomic mass is 9.94. The summed E-state index contributed by atoms with van der Waals surface area (Å²) in [6.45, 7) is 4.32. The van der Waals surface area contributed by atoms with Gasteiger partial charge in [-0.1, -0.05) is 26.7 Å². The van der Waals surface area contributed by atoms with Gasteiger partial charge >= 0.3 is 0 Å². The van der Waals surface area contributed by atoms with Crippen LogP contribution >= 0.6 is 11.8 Å². The van der Waals surface area contributed by atoms with Crippen LogP contribution in [-0.4, -0.2) is 23.2 Å².